The third-order valence-corrected chi connectivity index (χ3v) is 2.17. The molecule has 1 rings (SSSR count). The van der Waals surface area contributed by atoms with E-state index in [0.29, 0.717) is 6.04 Å². The van der Waals surface area contributed by atoms with E-state index in [1.807, 2.05) is 17.7 Å². The second kappa shape index (κ2) is 3.79. The van der Waals surface area contributed by atoms with Gasteiger partial charge in [0.15, 0.2) is 0 Å². The van der Waals surface area contributed by atoms with Gasteiger partial charge in [-0.3, -0.25) is 0 Å². The first-order valence-corrected chi connectivity index (χ1v) is 5.01. The Bertz CT molecular complexity index is 228. The van der Waals surface area contributed by atoms with E-state index < -0.39 is 0 Å². The number of rotatable bonds is 3. The van der Waals surface area contributed by atoms with E-state index in [0.717, 1.165) is 6.42 Å². The Labute approximate surface area is 86.1 Å². The van der Waals surface area contributed by atoms with Gasteiger partial charge in [-0.1, -0.05) is 15.9 Å². The molecule has 0 aromatic carbocycles. The van der Waals surface area contributed by atoms with Crippen LogP contribution in [0.4, 0.5) is 0 Å². The lowest BCUT2D eigenvalue weighted by Gasteiger charge is -2.20. The molecule has 12 heavy (non-hydrogen) atoms. The predicted molar refractivity (Wildman–Crippen MR) is 54.7 cm³/mol. The van der Waals surface area contributed by atoms with Crippen molar-refractivity contribution in [3.8, 4) is 0 Å². The fraction of sp³-hybridized carbons (Fsp3) is 0.625. The number of hydrogen-bond acceptors (Lipinski definition) is 1. The van der Waals surface area contributed by atoms with Crippen LogP contribution in [0.25, 0.3) is 0 Å². The summed E-state index contributed by atoms with van der Waals surface area (Å²) in [6.45, 7) is 4.06. The molecule has 0 bridgehead atoms. The van der Waals surface area contributed by atoms with Gasteiger partial charge in [-0.25, -0.2) is 4.98 Å². The summed E-state index contributed by atoms with van der Waals surface area (Å²) in [5, 5.41) is 0. The van der Waals surface area contributed by atoms with Crippen molar-refractivity contribution in [3.05, 3.63) is 18.7 Å². The standard InChI is InChI=1S/C8H12BrClN2/c1-7(5-8(2,9)10)12-4-3-11-6-12/h3-4,6-7H,5H2,1-2H3. The molecule has 0 fully saturated rings. The quantitative estimate of drug-likeness (QED) is 0.755. The number of aromatic nitrogens is 2. The van der Waals surface area contributed by atoms with Gasteiger partial charge in [-0.05, 0) is 20.3 Å². The van der Waals surface area contributed by atoms with E-state index >= 15 is 0 Å². The first kappa shape index (κ1) is 10.1. The summed E-state index contributed by atoms with van der Waals surface area (Å²) in [5.74, 6) is 0. The van der Waals surface area contributed by atoms with Gasteiger partial charge in [0, 0.05) is 18.4 Å². The summed E-state index contributed by atoms with van der Waals surface area (Å²) < 4.78 is 1.72. The maximum atomic E-state index is 6.03. The topological polar surface area (TPSA) is 17.8 Å². The second-order valence-corrected chi connectivity index (χ2v) is 6.17. The minimum Gasteiger partial charge on any atom is -0.335 e. The monoisotopic (exact) mass is 250 g/mol. The van der Waals surface area contributed by atoms with Gasteiger partial charge in [0.2, 0.25) is 0 Å². The van der Waals surface area contributed by atoms with E-state index in [1.54, 1.807) is 12.5 Å². The average molecular weight is 252 g/mol. The molecule has 1 aromatic rings. The smallest absolute Gasteiger partial charge is 0.0984 e. The molecule has 0 N–H and O–H groups in total. The van der Waals surface area contributed by atoms with Crippen LogP contribution in [0.3, 0.4) is 0 Å². The van der Waals surface area contributed by atoms with Gasteiger partial charge >= 0.3 is 0 Å². The lowest BCUT2D eigenvalue weighted by atomic mass is 10.2. The fourth-order valence-corrected chi connectivity index (χ4v) is 1.85. The van der Waals surface area contributed by atoms with E-state index in [2.05, 4.69) is 27.8 Å². The Kier molecular flexibility index (Phi) is 3.18. The molecular formula is C8H12BrClN2. The lowest BCUT2D eigenvalue weighted by Crippen LogP contribution is -2.14. The zero-order valence-electron chi connectivity index (χ0n) is 7.17. The average Bonchev–Trinajstić information content (AvgIpc) is 2.32. The summed E-state index contributed by atoms with van der Waals surface area (Å²) in [4.78, 5) is 3.98. The molecule has 0 aliphatic heterocycles. The minimum absolute atomic E-state index is 0.323. The molecule has 0 saturated carbocycles. The second-order valence-electron chi connectivity index (χ2n) is 3.13. The summed E-state index contributed by atoms with van der Waals surface area (Å²) >= 11 is 9.42. The van der Waals surface area contributed by atoms with Crippen molar-refractivity contribution < 1.29 is 0 Å². The third kappa shape index (κ3) is 3.15. The Morgan fingerprint density at radius 1 is 1.75 bits per heavy atom. The summed E-state index contributed by atoms with van der Waals surface area (Å²) in [6.07, 6.45) is 6.39. The van der Waals surface area contributed by atoms with Crippen LogP contribution in [0.2, 0.25) is 0 Å². The minimum atomic E-state index is -0.323. The predicted octanol–water partition coefficient (Wildman–Crippen LogP) is 3.18. The molecule has 0 aliphatic carbocycles. The Morgan fingerprint density at radius 2 is 2.42 bits per heavy atom. The fourth-order valence-electron chi connectivity index (χ4n) is 1.15. The molecule has 0 spiro atoms. The Balaban J connectivity index is 2.56. The van der Waals surface area contributed by atoms with Crippen molar-refractivity contribution in [1.29, 1.82) is 0 Å². The molecule has 2 atom stereocenters. The Hall–Kier alpha value is -0.0200. The summed E-state index contributed by atoms with van der Waals surface area (Å²) in [7, 11) is 0. The maximum absolute atomic E-state index is 6.03. The van der Waals surface area contributed by atoms with Crippen LogP contribution in [0.15, 0.2) is 18.7 Å². The van der Waals surface area contributed by atoms with Crippen LogP contribution in [0, 0.1) is 0 Å². The zero-order valence-corrected chi connectivity index (χ0v) is 9.51. The maximum Gasteiger partial charge on any atom is 0.0984 e. The van der Waals surface area contributed by atoms with Crippen LogP contribution < -0.4 is 0 Å². The van der Waals surface area contributed by atoms with E-state index in [4.69, 9.17) is 11.6 Å². The van der Waals surface area contributed by atoms with Crippen molar-refractivity contribution in [1.82, 2.24) is 9.55 Å². The normalized spacial score (nSPS) is 18.7. The number of hydrogen-bond donors (Lipinski definition) is 0. The third-order valence-electron chi connectivity index (χ3n) is 1.69. The van der Waals surface area contributed by atoms with Crippen LogP contribution in [0.1, 0.15) is 26.3 Å². The van der Waals surface area contributed by atoms with E-state index in [1.165, 1.54) is 0 Å². The van der Waals surface area contributed by atoms with Gasteiger partial charge in [-0.2, -0.15) is 0 Å². The molecule has 1 heterocycles. The molecule has 68 valence electrons. The van der Waals surface area contributed by atoms with Crippen LogP contribution in [-0.2, 0) is 0 Å². The molecule has 0 aliphatic rings. The van der Waals surface area contributed by atoms with E-state index in [-0.39, 0.29) is 3.78 Å². The highest BCUT2D eigenvalue weighted by Crippen LogP contribution is 2.32. The highest BCUT2D eigenvalue weighted by atomic mass is 79.9. The highest BCUT2D eigenvalue weighted by Gasteiger charge is 2.20. The Morgan fingerprint density at radius 3 is 2.83 bits per heavy atom. The first-order chi connectivity index (χ1) is 5.49. The molecule has 2 nitrogen and oxygen atoms in total. The van der Waals surface area contributed by atoms with Gasteiger partial charge < -0.3 is 4.57 Å². The van der Waals surface area contributed by atoms with Crippen LogP contribution in [0.5, 0.6) is 0 Å². The molecule has 0 radical (unpaired) electrons. The SMILES string of the molecule is CC(CC(C)(Cl)Br)n1ccnc1. The van der Waals surface area contributed by atoms with Crippen LogP contribution >= 0.6 is 27.5 Å². The van der Waals surface area contributed by atoms with Crippen molar-refractivity contribution in [2.45, 2.75) is 30.1 Å². The van der Waals surface area contributed by atoms with E-state index in [9.17, 15) is 0 Å². The molecule has 0 amide bonds. The van der Waals surface area contributed by atoms with Crippen molar-refractivity contribution in [3.63, 3.8) is 0 Å². The summed E-state index contributed by atoms with van der Waals surface area (Å²) in [6, 6.07) is 0.370. The highest BCUT2D eigenvalue weighted by molar-refractivity contribution is 9.10. The number of halogens is 2. The van der Waals surface area contributed by atoms with Gasteiger partial charge in [0.25, 0.3) is 0 Å². The van der Waals surface area contributed by atoms with Gasteiger partial charge in [-0.15, -0.1) is 11.6 Å². The molecule has 2 unspecified atom stereocenters. The summed E-state index contributed by atoms with van der Waals surface area (Å²) in [5.41, 5.74) is 0. The van der Waals surface area contributed by atoms with Crippen molar-refractivity contribution in [2.75, 3.05) is 0 Å². The largest absolute Gasteiger partial charge is 0.335 e. The van der Waals surface area contributed by atoms with Crippen molar-refractivity contribution in [2.24, 2.45) is 0 Å². The number of imidazole rings is 1. The van der Waals surface area contributed by atoms with Crippen LogP contribution in [-0.4, -0.2) is 13.3 Å². The number of nitrogens with zero attached hydrogens (tertiary/aromatic N) is 2. The van der Waals surface area contributed by atoms with Gasteiger partial charge in [0.1, 0.15) is 0 Å². The molecule has 4 heteroatoms. The van der Waals surface area contributed by atoms with Gasteiger partial charge in [0.05, 0.1) is 10.1 Å². The zero-order chi connectivity index (χ0) is 9.19. The number of alkyl halides is 2. The molecule has 1 aromatic heterocycles. The first-order valence-electron chi connectivity index (χ1n) is 3.84. The molecular weight excluding hydrogens is 239 g/mol. The van der Waals surface area contributed by atoms with Crippen molar-refractivity contribution >= 4 is 27.5 Å². The molecule has 0 saturated heterocycles. The lowest BCUT2D eigenvalue weighted by molar-refractivity contribution is 0.493.